The van der Waals surface area contributed by atoms with Crippen molar-refractivity contribution in [2.24, 2.45) is 0 Å². The number of allylic oxidation sites excluding steroid dienone is 1. The van der Waals surface area contributed by atoms with E-state index in [2.05, 4.69) is 12.0 Å². The number of hydrogen-bond donors (Lipinski definition) is 0. The van der Waals surface area contributed by atoms with Crippen LogP contribution < -0.4 is 4.74 Å². The van der Waals surface area contributed by atoms with Gasteiger partial charge in [0.05, 0.1) is 6.61 Å². The number of hydrogen-bond acceptors (Lipinski definition) is 3. The lowest BCUT2D eigenvalue weighted by molar-refractivity contribution is 0.103. The minimum atomic E-state index is -0.0377. The second-order valence-electron chi connectivity index (χ2n) is 5.35. The number of unbranched alkanes of at least 4 members (excludes halogenated alkanes) is 2. The molecule has 0 fully saturated rings. The Morgan fingerprint density at radius 3 is 2.65 bits per heavy atom. The highest BCUT2D eigenvalue weighted by atomic mass is 16.5. The molecule has 0 saturated carbocycles. The van der Waals surface area contributed by atoms with Gasteiger partial charge in [0.1, 0.15) is 11.4 Å². The standard InChI is InChI=1S/C19H24N2O2/c1-3-5-6-15-23-17-10-7-16(8-11-17)9-12-19(22)18-13-14-20-21(18)4-2/h7-14H,3-6,15H2,1-2H3/b12-9+. The molecule has 1 aromatic carbocycles. The number of ketones is 1. The van der Waals surface area contributed by atoms with Crippen molar-refractivity contribution >= 4 is 11.9 Å². The number of rotatable bonds is 9. The van der Waals surface area contributed by atoms with E-state index in [9.17, 15) is 4.79 Å². The van der Waals surface area contributed by atoms with Crippen LogP contribution in [0.4, 0.5) is 0 Å². The van der Waals surface area contributed by atoms with Crippen molar-refractivity contribution in [1.29, 1.82) is 0 Å². The van der Waals surface area contributed by atoms with E-state index in [0.29, 0.717) is 12.2 Å². The molecule has 0 saturated heterocycles. The number of carbonyl (C=O) groups excluding carboxylic acids is 1. The van der Waals surface area contributed by atoms with Gasteiger partial charge in [-0.25, -0.2) is 0 Å². The van der Waals surface area contributed by atoms with Crippen LogP contribution in [-0.2, 0) is 6.54 Å². The van der Waals surface area contributed by atoms with Crippen LogP contribution in [0.3, 0.4) is 0 Å². The first kappa shape index (κ1) is 17.0. The lowest BCUT2D eigenvalue weighted by Gasteiger charge is -2.05. The highest BCUT2D eigenvalue weighted by Gasteiger charge is 2.07. The molecule has 23 heavy (non-hydrogen) atoms. The zero-order chi connectivity index (χ0) is 16.5. The molecular weight excluding hydrogens is 288 g/mol. The second-order valence-corrected chi connectivity index (χ2v) is 5.35. The Balaban J connectivity index is 1.91. The summed E-state index contributed by atoms with van der Waals surface area (Å²) in [5.41, 5.74) is 1.58. The maximum absolute atomic E-state index is 12.2. The van der Waals surface area contributed by atoms with E-state index >= 15 is 0 Å². The Hall–Kier alpha value is -2.36. The fourth-order valence-corrected chi connectivity index (χ4v) is 2.27. The van der Waals surface area contributed by atoms with Gasteiger partial charge in [0, 0.05) is 12.7 Å². The maximum Gasteiger partial charge on any atom is 0.203 e. The first-order valence-corrected chi connectivity index (χ1v) is 8.21. The minimum absolute atomic E-state index is 0.0377. The molecule has 1 heterocycles. The fraction of sp³-hybridized carbons (Fsp3) is 0.368. The third kappa shape index (κ3) is 5.09. The summed E-state index contributed by atoms with van der Waals surface area (Å²) in [5.74, 6) is 0.831. The minimum Gasteiger partial charge on any atom is -0.494 e. The Morgan fingerprint density at radius 1 is 1.17 bits per heavy atom. The zero-order valence-electron chi connectivity index (χ0n) is 13.9. The fourth-order valence-electron chi connectivity index (χ4n) is 2.27. The van der Waals surface area contributed by atoms with Gasteiger partial charge in [0.25, 0.3) is 0 Å². The van der Waals surface area contributed by atoms with Crippen LogP contribution in [0.1, 0.15) is 49.2 Å². The molecule has 122 valence electrons. The van der Waals surface area contributed by atoms with E-state index in [-0.39, 0.29) is 5.78 Å². The van der Waals surface area contributed by atoms with Crippen LogP contribution in [-0.4, -0.2) is 22.2 Å². The van der Waals surface area contributed by atoms with Gasteiger partial charge in [0.2, 0.25) is 5.78 Å². The molecule has 0 N–H and O–H groups in total. The summed E-state index contributed by atoms with van der Waals surface area (Å²) in [7, 11) is 0. The van der Waals surface area contributed by atoms with Crippen molar-refractivity contribution in [2.45, 2.75) is 39.7 Å². The number of ether oxygens (including phenoxy) is 1. The summed E-state index contributed by atoms with van der Waals surface area (Å²) >= 11 is 0. The number of benzene rings is 1. The van der Waals surface area contributed by atoms with Crippen molar-refractivity contribution in [1.82, 2.24) is 9.78 Å². The number of nitrogens with zero attached hydrogens (tertiary/aromatic N) is 2. The lowest BCUT2D eigenvalue weighted by atomic mass is 10.1. The van der Waals surface area contributed by atoms with Crippen LogP contribution in [0.25, 0.3) is 6.08 Å². The van der Waals surface area contributed by atoms with Crippen molar-refractivity contribution in [2.75, 3.05) is 6.61 Å². The molecule has 4 heteroatoms. The summed E-state index contributed by atoms with van der Waals surface area (Å²) in [6.07, 6.45) is 8.51. The van der Waals surface area contributed by atoms with Crippen molar-refractivity contribution in [3.8, 4) is 5.75 Å². The summed E-state index contributed by atoms with van der Waals surface area (Å²) in [6.45, 7) is 5.58. The van der Waals surface area contributed by atoms with E-state index in [1.165, 1.54) is 12.8 Å². The molecule has 0 aliphatic heterocycles. The Morgan fingerprint density at radius 2 is 1.96 bits per heavy atom. The quantitative estimate of drug-likeness (QED) is 0.392. The van der Waals surface area contributed by atoms with Crippen LogP contribution in [0, 0.1) is 0 Å². The van der Waals surface area contributed by atoms with Gasteiger partial charge in [-0.1, -0.05) is 38.0 Å². The molecule has 0 radical (unpaired) electrons. The summed E-state index contributed by atoms with van der Waals surface area (Å²) in [5, 5.41) is 4.11. The van der Waals surface area contributed by atoms with E-state index in [1.807, 2.05) is 37.3 Å². The smallest absolute Gasteiger partial charge is 0.203 e. The first-order valence-electron chi connectivity index (χ1n) is 8.21. The highest BCUT2D eigenvalue weighted by molar-refractivity contribution is 6.05. The molecule has 2 aromatic rings. The Kier molecular flexibility index (Phi) is 6.60. The van der Waals surface area contributed by atoms with Crippen LogP contribution >= 0.6 is 0 Å². The molecule has 0 atom stereocenters. The average molecular weight is 312 g/mol. The van der Waals surface area contributed by atoms with Gasteiger partial charge in [-0.05, 0) is 43.2 Å². The summed E-state index contributed by atoms with van der Waals surface area (Å²) in [6, 6.07) is 9.52. The number of carbonyl (C=O) groups is 1. The molecule has 0 unspecified atom stereocenters. The SMILES string of the molecule is CCCCCOc1ccc(/C=C/C(=O)c2ccnn2CC)cc1. The predicted octanol–water partition coefficient (Wildman–Crippen LogP) is 4.37. The monoisotopic (exact) mass is 312 g/mol. The Labute approximate surface area is 137 Å². The van der Waals surface area contributed by atoms with Crippen LogP contribution in [0.15, 0.2) is 42.6 Å². The molecule has 0 bridgehead atoms. The number of aromatic nitrogens is 2. The van der Waals surface area contributed by atoms with E-state index < -0.39 is 0 Å². The van der Waals surface area contributed by atoms with Crippen molar-refractivity contribution in [3.63, 3.8) is 0 Å². The first-order chi connectivity index (χ1) is 11.2. The van der Waals surface area contributed by atoms with Gasteiger partial charge in [-0.15, -0.1) is 0 Å². The van der Waals surface area contributed by atoms with Gasteiger partial charge >= 0.3 is 0 Å². The Bertz CT molecular complexity index is 642. The topological polar surface area (TPSA) is 44.1 Å². The summed E-state index contributed by atoms with van der Waals surface area (Å²) in [4.78, 5) is 12.2. The van der Waals surface area contributed by atoms with Gasteiger partial charge in [-0.2, -0.15) is 5.10 Å². The molecule has 2 rings (SSSR count). The van der Waals surface area contributed by atoms with Crippen LogP contribution in [0.5, 0.6) is 5.75 Å². The lowest BCUT2D eigenvalue weighted by Crippen LogP contribution is -2.07. The highest BCUT2D eigenvalue weighted by Crippen LogP contribution is 2.14. The number of aryl methyl sites for hydroxylation is 1. The molecule has 0 spiro atoms. The van der Waals surface area contributed by atoms with E-state index in [0.717, 1.165) is 24.3 Å². The van der Waals surface area contributed by atoms with Crippen LogP contribution in [0.2, 0.25) is 0 Å². The van der Waals surface area contributed by atoms with Crippen molar-refractivity contribution < 1.29 is 9.53 Å². The average Bonchev–Trinajstić information content (AvgIpc) is 3.06. The van der Waals surface area contributed by atoms with E-state index in [4.69, 9.17) is 4.74 Å². The zero-order valence-corrected chi connectivity index (χ0v) is 13.9. The predicted molar refractivity (Wildman–Crippen MR) is 92.7 cm³/mol. The van der Waals surface area contributed by atoms with Gasteiger partial charge in [-0.3, -0.25) is 9.48 Å². The third-order valence-electron chi connectivity index (χ3n) is 3.59. The molecule has 1 aromatic heterocycles. The molecule has 0 aliphatic carbocycles. The normalized spacial score (nSPS) is 11.0. The van der Waals surface area contributed by atoms with Gasteiger partial charge < -0.3 is 4.74 Å². The summed E-state index contributed by atoms with van der Waals surface area (Å²) < 4.78 is 7.37. The van der Waals surface area contributed by atoms with E-state index in [1.54, 1.807) is 23.0 Å². The molecule has 4 nitrogen and oxygen atoms in total. The molecular formula is C19H24N2O2. The van der Waals surface area contributed by atoms with Crippen molar-refractivity contribution in [3.05, 3.63) is 53.9 Å². The van der Waals surface area contributed by atoms with Gasteiger partial charge in [0.15, 0.2) is 0 Å². The molecule has 0 amide bonds. The molecule has 0 aliphatic rings. The second kappa shape index (κ2) is 8.93. The maximum atomic E-state index is 12.2. The largest absolute Gasteiger partial charge is 0.494 e. The third-order valence-corrected chi connectivity index (χ3v) is 3.59.